The van der Waals surface area contributed by atoms with E-state index in [1.807, 2.05) is 14.0 Å². The standard InChI is InChI=1S/C16H17Cl2N3O2/c1-10(19-2)9-21-15(22)12-4-3-7-20-16(12)23-14-6-5-11(17)8-13(14)18/h3-8,10,19H,9H2,1-2H3,(H,21,22). The molecule has 0 bridgehead atoms. The van der Waals surface area contributed by atoms with Crippen LogP contribution in [0.1, 0.15) is 17.3 Å². The number of hydrogen-bond donors (Lipinski definition) is 2. The van der Waals surface area contributed by atoms with Crippen LogP contribution in [0.25, 0.3) is 0 Å². The first-order valence-electron chi connectivity index (χ1n) is 7.04. The smallest absolute Gasteiger partial charge is 0.256 e. The first kappa shape index (κ1) is 17.5. The summed E-state index contributed by atoms with van der Waals surface area (Å²) < 4.78 is 5.67. The Bertz CT molecular complexity index is 695. The molecule has 2 aromatic rings. The molecule has 1 amide bonds. The zero-order valence-electron chi connectivity index (χ0n) is 12.8. The lowest BCUT2D eigenvalue weighted by Gasteiger charge is -2.13. The van der Waals surface area contributed by atoms with Gasteiger partial charge in [-0.3, -0.25) is 4.79 Å². The van der Waals surface area contributed by atoms with Crippen molar-refractivity contribution in [3.63, 3.8) is 0 Å². The number of amides is 1. The number of rotatable bonds is 6. The summed E-state index contributed by atoms with van der Waals surface area (Å²) in [5.74, 6) is 0.305. The van der Waals surface area contributed by atoms with Gasteiger partial charge in [-0.25, -0.2) is 4.98 Å². The molecule has 0 radical (unpaired) electrons. The van der Waals surface area contributed by atoms with Crippen LogP contribution < -0.4 is 15.4 Å². The van der Waals surface area contributed by atoms with Gasteiger partial charge in [-0.15, -0.1) is 0 Å². The van der Waals surface area contributed by atoms with Gasteiger partial charge in [-0.05, 0) is 44.3 Å². The number of carbonyl (C=O) groups is 1. The summed E-state index contributed by atoms with van der Waals surface area (Å²) in [4.78, 5) is 16.4. The topological polar surface area (TPSA) is 63.2 Å². The molecule has 0 aliphatic carbocycles. The highest BCUT2D eigenvalue weighted by molar-refractivity contribution is 6.35. The quantitative estimate of drug-likeness (QED) is 0.833. The largest absolute Gasteiger partial charge is 0.437 e. The molecule has 23 heavy (non-hydrogen) atoms. The Morgan fingerprint density at radius 1 is 1.35 bits per heavy atom. The number of benzene rings is 1. The highest BCUT2D eigenvalue weighted by Crippen LogP contribution is 2.31. The Hall–Kier alpha value is -1.82. The summed E-state index contributed by atoms with van der Waals surface area (Å²) in [6.45, 7) is 2.46. The van der Waals surface area contributed by atoms with E-state index >= 15 is 0 Å². The van der Waals surface area contributed by atoms with E-state index in [1.165, 1.54) is 0 Å². The van der Waals surface area contributed by atoms with E-state index < -0.39 is 0 Å². The van der Waals surface area contributed by atoms with Crippen LogP contribution in [0.15, 0.2) is 36.5 Å². The molecule has 2 rings (SSSR count). The summed E-state index contributed by atoms with van der Waals surface area (Å²) in [5.41, 5.74) is 0.335. The second kappa shape index (κ2) is 8.15. The average Bonchev–Trinajstić information content (AvgIpc) is 2.55. The van der Waals surface area contributed by atoms with E-state index in [0.29, 0.717) is 27.9 Å². The molecule has 122 valence electrons. The molecule has 0 fully saturated rings. The van der Waals surface area contributed by atoms with Crippen molar-refractivity contribution in [2.24, 2.45) is 0 Å². The van der Waals surface area contributed by atoms with Crippen LogP contribution in [-0.4, -0.2) is 30.5 Å². The number of aromatic nitrogens is 1. The summed E-state index contributed by atoms with van der Waals surface area (Å²) in [7, 11) is 1.83. The SMILES string of the molecule is CNC(C)CNC(=O)c1cccnc1Oc1ccc(Cl)cc1Cl. The van der Waals surface area contributed by atoms with Crippen LogP contribution in [0.3, 0.4) is 0 Å². The third-order valence-electron chi connectivity index (χ3n) is 3.18. The molecule has 0 spiro atoms. The molecular weight excluding hydrogens is 337 g/mol. The lowest BCUT2D eigenvalue weighted by atomic mass is 10.2. The minimum absolute atomic E-state index is 0.158. The van der Waals surface area contributed by atoms with Crippen LogP contribution in [0, 0.1) is 0 Å². The molecule has 0 aliphatic rings. The van der Waals surface area contributed by atoms with Crippen molar-refractivity contribution >= 4 is 29.1 Å². The van der Waals surface area contributed by atoms with Crippen LogP contribution in [0.4, 0.5) is 0 Å². The minimum atomic E-state index is -0.264. The Labute approximate surface area is 145 Å². The van der Waals surface area contributed by atoms with Crippen LogP contribution in [-0.2, 0) is 0 Å². The van der Waals surface area contributed by atoms with Crippen LogP contribution >= 0.6 is 23.2 Å². The van der Waals surface area contributed by atoms with E-state index in [4.69, 9.17) is 27.9 Å². The maximum Gasteiger partial charge on any atom is 0.256 e. The van der Waals surface area contributed by atoms with Gasteiger partial charge < -0.3 is 15.4 Å². The molecular formula is C16H17Cl2N3O2. The molecule has 7 heteroatoms. The van der Waals surface area contributed by atoms with Gasteiger partial charge in [0.2, 0.25) is 5.88 Å². The molecule has 0 saturated heterocycles. The van der Waals surface area contributed by atoms with E-state index in [9.17, 15) is 4.79 Å². The van der Waals surface area contributed by atoms with Gasteiger partial charge >= 0.3 is 0 Å². The fourth-order valence-electron chi connectivity index (χ4n) is 1.75. The van der Waals surface area contributed by atoms with Crippen molar-refractivity contribution < 1.29 is 9.53 Å². The number of nitrogens with zero attached hydrogens (tertiary/aromatic N) is 1. The molecule has 1 unspecified atom stereocenters. The van der Waals surface area contributed by atoms with Crippen LogP contribution in [0.5, 0.6) is 11.6 Å². The third-order valence-corrected chi connectivity index (χ3v) is 3.71. The summed E-state index contributed by atoms with van der Waals surface area (Å²) >= 11 is 11.9. The fourth-order valence-corrected chi connectivity index (χ4v) is 2.20. The second-order valence-corrected chi connectivity index (χ2v) is 5.78. The Morgan fingerprint density at radius 3 is 2.83 bits per heavy atom. The minimum Gasteiger partial charge on any atom is -0.437 e. The number of nitrogens with one attached hydrogen (secondary N) is 2. The maximum absolute atomic E-state index is 12.3. The molecule has 1 heterocycles. The second-order valence-electron chi connectivity index (χ2n) is 4.93. The first-order chi connectivity index (χ1) is 11.0. The van der Waals surface area contributed by atoms with Crippen molar-refractivity contribution in [2.45, 2.75) is 13.0 Å². The zero-order valence-corrected chi connectivity index (χ0v) is 14.3. The van der Waals surface area contributed by atoms with Gasteiger partial charge in [0.1, 0.15) is 11.3 Å². The highest BCUT2D eigenvalue weighted by atomic mass is 35.5. The summed E-state index contributed by atoms with van der Waals surface area (Å²) in [6, 6.07) is 8.32. The first-order valence-corrected chi connectivity index (χ1v) is 7.80. The molecule has 5 nitrogen and oxygen atoms in total. The van der Waals surface area contributed by atoms with Crippen molar-refractivity contribution in [1.29, 1.82) is 0 Å². The number of carbonyl (C=O) groups excluding carboxylic acids is 1. The van der Waals surface area contributed by atoms with Gasteiger partial charge in [0.15, 0.2) is 0 Å². The van der Waals surface area contributed by atoms with Gasteiger partial charge in [0, 0.05) is 23.8 Å². The molecule has 0 aliphatic heterocycles. The van der Waals surface area contributed by atoms with Gasteiger partial charge in [0.05, 0.1) is 5.02 Å². The normalized spacial score (nSPS) is 11.8. The van der Waals surface area contributed by atoms with E-state index in [-0.39, 0.29) is 17.8 Å². The predicted molar refractivity (Wildman–Crippen MR) is 91.6 cm³/mol. The van der Waals surface area contributed by atoms with E-state index in [2.05, 4.69) is 15.6 Å². The average molecular weight is 354 g/mol. The zero-order chi connectivity index (χ0) is 16.8. The van der Waals surface area contributed by atoms with Crippen LogP contribution in [0.2, 0.25) is 10.0 Å². The molecule has 2 N–H and O–H groups in total. The Kier molecular flexibility index (Phi) is 6.21. The summed E-state index contributed by atoms with van der Waals surface area (Å²) in [6.07, 6.45) is 1.55. The van der Waals surface area contributed by atoms with Gasteiger partial charge in [-0.1, -0.05) is 23.2 Å². The maximum atomic E-state index is 12.3. The monoisotopic (exact) mass is 353 g/mol. The third kappa shape index (κ3) is 4.82. The fraction of sp³-hybridized carbons (Fsp3) is 0.250. The van der Waals surface area contributed by atoms with E-state index in [1.54, 1.807) is 36.5 Å². The molecule has 1 aromatic heterocycles. The van der Waals surface area contributed by atoms with Gasteiger partial charge in [-0.2, -0.15) is 0 Å². The van der Waals surface area contributed by atoms with Gasteiger partial charge in [0.25, 0.3) is 5.91 Å². The van der Waals surface area contributed by atoms with Crippen molar-refractivity contribution in [2.75, 3.05) is 13.6 Å². The van der Waals surface area contributed by atoms with Crippen molar-refractivity contribution in [3.8, 4) is 11.6 Å². The lowest BCUT2D eigenvalue weighted by Crippen LogP contribution is -2.37. The lowest BCUT2D eigenvalue weighted by molar-refractivity contribution is 0.0947. The van der Waals surface area contributed by atoms with E-state index in [0.717, 1.165) is 0 Å². The summed E-state index contributed by atoms with van der Waals surface area (Å²) in [5, 5.41) is 6.72. The number of hydrogen-bond acceptors (Lipinski definition) is 4. The molecule has 0 saturated carbocycles. The van der Waals surface area contributed by atoms with Crippen molar-refractivity contribution in [3.05, 3.63) is 52.1 Å². The number of halogens is 2. The number of pyridine rings is 1. The number of ether oxygens (including phenoxy) is 1. The highest BCUT2D eigenvalue weighted by Gasteiger charge is 2.15. The molecule has 1 aromatic carbocycles. The number of likely N-dealkylation sites (N-methyl/N-ethyl adjacent to an activating group) is 1. The Balaban J connectivity index is 2.18. The molecule has 1 atom stereocenters. The Morgan fingerprint density at radius 2 is 2.13 bits per heavy atom. The predicted octanol–water partition coefficient (Wildman–Crippen LogP) is 3.52. The van der Waals surface area contributed by atoms with Crippen molar-refractivity contribution in [1.82, 2.24) is 15.6 Å².